The van der Waals surface area contributed by atoms with E-state index in [4.69, 9.17) is 4.74 Å². The normalized spacial score (nSPS) is 14.3. The lowest BCUT2D eigenvalue weighted by Gasteiger charge is -2.09. The van der Waals surface area contributed by atoms with Gasteiger partial charge in [-0.05, 0) is 64.3 Å². The lowest BCUT2D eigenvalue weighted by atomic mass is 10.2. The van der Waals surface area contributed by atoms with Gasteiger partial charge in [0.15, 0.2) is 0 Å². The minimum absolute atomic E-state index is 0.138. The van der Waals surface area contributed by atoms with Gasteiger partial charge in [-0.2, -0.15) is 5.10 Å². The van der Waals surface area contributed by atoms with Crippen LogP contribution in [0, 0.1) is 6.92 Å². The maximum atomic E-state index is 12.4. The molecule has 0 saturated heterocycles. The fourth-order valence-electron chi connectivity index (χ4n) is 2.53. The number of nitrogens with one attached hydrogen (secondary N) is 1. The van der Waals surface area contributed by atoms with Crippen LogP contribution < -0.4 is 10.2 Å². The number of hydrazone groups is 1. The molecule has 29 heavy (non-hydrogen) atoms. The van der Waals surface area contributed by atoms with E-state index in [0.29, 0.717) is 26.7 Å². The Morgan fingerprint density at radius 1 is 1.21 bits per heavy atom. The largest absolute Gasteiger partial charge is 0.506 e. The third kappa shape index (κ3) is 5.68. The van der Waals surface area contributed by atoms with Crippen molar-refractivity contribution in [2.45, 2.75) is 13.3 Å². The summed E-state index contributed by atoms with van der Waals surface area (Å²) in [7, 11) is 0. The lowest BCUT2D eigenvalue weighted by molar-refractivity contribution is 0.0955. The van der Waals surface area contributed by atoms with E-state index in [2.05, 4.69) is 42.4 Å². The van der Waals surface area contributed by atoms with E-state index in [9.17, 15) is 9.90 Å². The number of ether oxygens (including phenoxy) is 1. The average molecular weight is 518 g/mol. The van der Waals surface area contributed by atoms with Gasteiger partial charge in [-0.25, -0.2) is 5.43 Å². The van der Waals surface area contributed by atoms with E-state index in [1.807, 2.05) is 37.3 Å². The van der Waals surface area contributed by atoms with Gasteiger partial charge in [-0.15, -0.1) is 0 Å². The van der Waals surface area contributed by atoms with Crippen LogP contribution in [-0.2, 0) is 0 Å². The van der Waals surface area contributed by atoms with Gasteiger partial charge in [0, 0.05) is 16.5 Å². The molecular formula is C22H18Br2N2O3. The summed E-state index contributed by atoms with van der Waals surface area (Å²) in [4.78, 5) is 12.4. The van der Waals surface area contributed by atoms with Crippen molar-refractivity contribution >= 4 is 44.0 Å². The average Bonchev–Trinajstić information content (AvgIpc) is 2.83. The standard InChI is InChI=1S/C22H18Br2N2O3/c1-14-5-2-3-8-20(14)29-17-7-4-6-16(12-17)22(28)26-25-13-15-9-10-18(23)21(27)19(24)11-15/h2-9,11-13,27H,10H2,1H3,(H,26,28)/b25-13+. The summed E-state index contributed by atoms with van der Waals surface area (Å²) in [6.07, 6.45) is 5.63. The molecule has 0 aromatic heterocycles. The molecule has 1 aliphatic carbocycles. The van der Waals surface area contributed by atoms with Crippen molar-refractivity contribution in [2.75, 3.05) is 0 Å². The monoisotopic (exact) mass is 516 g/mol. The van der Waals surface area contributed by atoms with Crippen LogP contribution in [0.1, 0.15) is 22.3 Å². The predicted molar refractivity (Wildman–Crippen MR) is 122 cm³/mol. The Kier molecular flexibility index (Phi) is 7.06. The molecule has 5 nitrogen and oxygen atoms in total. The molecule has 0 radical (unpaired) electrons. The van der Waals surface area contributed by atoms with Gasteiger partial charge in [0.1, 0.15) is 17.3 Å². The van der Waals surface area contributed by atoms with Crippen LogP contribution in [0.4, 0.5) is 0 Å². The Labute approximate surface area is 185 Å². The molecule has 7 heteroatoms. The molecule has 0 spiro atoms. The Hall–Kier alpha value is -2.64. The molecule has 2 aromatic rings. The SMILES string of the molecule is Cc1ccccc1Oc1cccc(C(=O)N/N=C/C2=CCC(Br)=C(O)C(Br)=C2)c1. The van der Waals surface area contributed by atoms with Crippen molar-refractivity contribution in [3.05, 3.63) is 92.1 Å². The van der Waals surface area contributed by atoms with Crippen molar-refractivity contribution < 1.29 is 14.6 Å². The number of allylic oxidation sites excluding steroid dienone is 5. The molecule has 1 aliphatic rings. The third-order valence-electron chi connectivity index (χ3n) is 4.09. The summed E-state index contributed by atoms with van der Waals surface area (Å²) < 4.78 is 7.07. The number of amides is 1. The maximum Gasteiger partial charge on any atom is 0.271 e. The predicted octanol–water partition coefficient (Wildman–Crippen LogP) is 6.28. The number of para-hydroxylation sites is 1. The maximum absolute atomic E-state index is 12.4. The first kappa shape index (κ1) is 21.1. The summed E-state index contributed by atoms with van der Waals surface area (Å²) in [5, 5.41) is 13.9. The molecule has 0 aliphatic heterocycles. The van der Waals surface area contributed by atoms with Gasteiger partial charge in [-0.1, -0.05) is 46.3 Å². The molecular weight excluding hydrogens is 500 g/mol. The van der Waals surface area contributed by atoms with E-state index < -0.39 is 0 Å². The highest BCUT2D eigenvalue weighted by Crippen LogP contribution is 2.29. The molecule has 1 amide bonds. The summed E-state index contributed by atoms with van der Waals surface area (Å²) in [6, 6.07) is 14.6. The summed E-state index contributed by atoms with van der Waals surface area (Å²) in [5.41, 5.74) is 4.69. The molecule has 0 unspecified atom stereocenters. The zero-order valence-electron chi connectivity index (χ0n) is 15.5. The zero-order chi connectivity index (χ0) is 20.8. The fraction of sp³-hybridized carbons (Fsp3) is 0.0909. The van der Waals surface area contributed by atoms with Crippen LogP contribution in [0.25, 0.3) is 0 Å². The number of carbonyl (C=O) groups is 1. The summed E-state index contributed by atoms with van der Waals surface area (Å²) in [5.74, 6) is 1.10. The van der Waals surface area contributed by atoms with Crippen molar-refractivity contribution in [1.82, 2.24) is 5.43 Å². The smallest absolute Gasteiger partial charge is 0.271 e. The Balaban J connectivity index is 1.66. The number of hydrogen-bond donors (Lipinski definition) is 2. The summed E-state index contributed by atoms with van der Waals surface area (Å²) >= 11 is 6.62. The number of aryl methyl sites for hydroxylation is 1. The summed E-state index contributed by atoms with van der Waals surface area (Å²) in [6.45, 7) is 1.96. The topological polar surface area (TPSA) is 70.9 Å². The molecule has 0 atom stereocenters. The van der Waals surface area contributed by atoms with Crippen LogP contribution in [0.3, 0.4) is 0 Å². The van der Waals surface area contributed by atoms with E-state index in [0.717, 1.165) is 16.9 Å². The molecule has 0 fully saturated rings. The van der Waals surface area contributed by atoms with E-state index in [1.165, 1.54) is 6.21 Å². The number of benzene rings is 2. The van der Waals surface area contributed by atoms with Crippen LogP contribution in [0.15, 0.2) is 86.1 Å². The van der Waals surface area contributed by atoms with Crippen molar-refractivity contribution in [3.8, 4) is 11.5 Å². The highest BCUT2D eigenvalue weighted by atomic mass is 79.9. The van der Waals surface area contributed by atoms with Gasteiger partial charge in [0.2, 0.25) is 0 Å². The van der Waals surface area contributed by atoms with Crippen molar-refractivity contribution in [3.63, 3.8) is 0 Å². The Bertz CT molecular complexity index is 1060. The van der Waals surface area contributed by atoms with Crippen molar-refractivity contribution in [2.24, 2.45) is 5.10 Å². The van der Waals surface area contributed by atoms with Gasteiger partial charge in [-0.3, -0.25) is 4.79 Å². The third-order valence-corrected chi connectivity index (χ3v) is 5.39. The molecule has 148 valence electrons. The number of rotatable bonds is 5. The fourth-order valence-corrected chi connectivity index (χ4v) is 3.67. The van der Waals surface area contributed by atoms with Crippen molar-refractivity contribution in [1.29, 1.82) is 0 Å². The first-order chi connectivity index (χ1) is 13.9. The van der Waals surface area contributed by atoms with E-state index >= 15 is 0 Å². The number of carbonyl (C=O) groups excluding carboxylic acids is 1. The van der Waals surface area contributed by atoms with Crippen LogP contribution >= 0.6 is 31.9 Å². The second kappa shape index (κ2) is 9.71. The van der Waals surface area contributed by atoms with Crippen LogP contribution in [0.5, 0.6) is 11.5 Å². The van der Waals surface area contributed by atoms with Crippen LogP contribution in [0.2, 0.25) is 0 Å². The first-order valence-electron chi connectivity index (χ1n) is 8.76. The van der Waals surface area contributed by atoms with Gasteiger partial charge in [0.05, 0.1) is 10.7 Å². The quantitative estimate of drug-likeness (QED) is 0.362. The number of halogens is 2. The van der Waals surface area contributed by atoms with Gasteiger partial charge >= 0.3 is 0 Å². The zero-order valence-corrected chi connectivity index (χ0v) is 18.7. The highest BCUT2D eigenvalue weighted by Gasteiger charge is 2.10. The van der Waals surface area contributed by atoms with E-state index in [1.54, 1.807) is 30.3 Å². The Morgan fingerprint density at radius 3 is 2.79 bits per heavy atom. The minimum Gasteiger partial charge on any atom is -0.506 e. The highest BCUT2D eigenvalue weighted by molar-refractivity contribution is 9.12. The first-order valence-corrected chi connectivity index (χ1v) is 10.3. The number of aliphatic hydroxyl groups excluding tert-OH is 1. The Morgan fingerprint density at radius 2 is 2.00 bits per heavy atom. The molecule has 2 aromatic carbocycles. The minimum atomic E-state index is -0.351. The number of hydrogen-bond acceptors (Lipinski definition) is 4. The molecule has 0 saturated carbocycles. The second-order valence-electron chi connectivity index (χ2n) is 6.25. The lowest BCUT2D eigenvalue weighted by Crippen LogP contribution is -2.17. The number of aliphatic hydroxyl groups is 1. The van der Waals surface area contributed by atoms with Gasteiger partial charge < -0.3 is 9.84 Å². The van der Waals surface area contributed by atoms with Crippen LogP contribution in [-0.4, -0.2) is 17.2 Å². The van der Waals surface area contributed by atoms with E-state index in [-0.39, 0.29) is 11.7 Å². The number of nitrogens with zero attached hydrogens (tertiary/aromatic N) is 1. The van der Waals surface area contributed by atoms with Gasteiger partial charge in [0.25, 0.3) is 5.91 Å². The molecule has 0 bridgehead atoms. The molecule has 0 heterocycles. The molecule has 3 rings (SSSR count). The molecule has 2 N–H and O–H groups in total. The second-order valence-corrected chi connectivity index (χ2v) is 8.06.